The van der Waals surface area contributed by atoms with Crippen molar-refractivity contribution in [3.05, 3.63) is 11.9 Å². The molecule has 84 valence electrons. The van der Waals surface area contributed by atoms with Gasteiger partial charge in [0.25, 0.3) is 0 Å². The van der Waals surface area contributed by atoms with Crippen LogP contribution in [0.5, 0.6) is 0 Å². The van der Waals surface area contributed by atoms with E-state index in [0.717, 1.165) is 0 Å². The molecule has 0 bridgehead atoms. The van der Waals surface area contributed by atoms with Crippen LogP contribution in [0.25, 0.3) is 0 Å². The Labute approximate surface area is 73.2 Å². The van der Waals surface area contributed by atoms with E-state index in [1.165, 1.54) is 0 Å². The quantitative estimate of drug-likeness (QED) is 0.632. The molecular formula is C6H4F8. The molecular weight excluding hydrogens is 224 g/mol. The van der Waals surface area contributed by atoms with Crippen molar-refractivity contribution in [2.45, 2.75) is 24.9 Å². The van der Waals surface area contributed by atoms with Crippen LogP contribution in [0.15, 0.2) is 11.9 Å². The zero-order chi connectivity index (χ0) is 11.8. The molecule has 0 unspecified atom stereocenters. The summed E-state index contributed by atoms with van der Waals surface area (Å²) in [7, 11) is 0. The second-order valence-electron chi connectivity index (χ2n) is 2.44. The fourth-order valence-electron chi connectivity index (χ4n) is 0.494. The summed E-state index contributed by atoms with van der Waals surface area (Å²) >= 11 is 0. The van der Waals surface area contributed by atoms with Crippen molar-refractivity contribution in [3.8, 4) is 0 Å². The van der Waals surface area contributed by atoms with Gasteiger partial charge in [-0.05, 0) is 6.92 Å². The van der Waals surface area contributed by atoms with Crippen molar-refractivity contribution in [2.24, 2.45) is 0 Å². The Kier molecular flexibility index (Phi) is 3.19. The summed E-state index contributed by atoms with van der Waals surface area (Å²) in [5.41, 5.74) is -1.99. The highest BCUT2D eigenvalue weighted by Gasteiger charge is 2.73. The van der Waals surface area contributed by atoms with Crippen molar-refractivity contribution in [3.63, 3.8) is 0 Å². The molecule has 8 heteroatoms. The van der Waals surface area contributed by atoms with Crippen LogP contribution in [0.2, 0.25) is 0 Å². The van der Waals surface area contributed by atoms with Gasteiger partial charge < -0.3 is 0 Å². The number of allylic oxidation sites excluding steroid dienone is 1. The summed E-state index contributed by atoms with van der Waals surface area (Å²) in [5.74, 6) is -11.9. The van der Waals surface area contributed by atoms with Gasteiger partial charge in [-0.25, -0.2) is 4.39 Å². The molecule has 0 rings (SSSR count). The minimum Gasteiger partial charge on any atom is -0.215 e. The number of hydrogen-bond acceptors (Lipinski definition) is 0. The Balaban J connectivity index is 5.29. The third kappa shape index (κ3) is 1.83. The van der Waals surface area contributed by atoms with E-state index in [4.69, 9.17) is 0 Å². The largest absolute Gasteiger partial charge is 0.460 e. The topological polar surface area (TPSA) is 0 Å². The minimum atomic E-state index is -6.43. The second-order valence-corrected chi connectivity index (χ2v) is 2.44. The van der Waals surface area contributed by atoms with Crippen LogP contribution in [0.1, 0.15) is 6.92 Å². The molecule has 0 fully saturated rings. The Morgan fingerprint density at radius 2 is 1.29 bits per heavy atom. The summed E-state index contributed by atoms with van der Waals surface area (Å²) in [6.45, 7) is 0.139. The van der Waals surface area contributed by atoms with E-state index in [-0.39, 0.29) is 6.92 Å². The van der Waals surface area contributed by atoms with Gasteiger partial charge in [-0.15, -0.1) is 0 Å². The average Bonchev–Trinajstić information content (AvgIpc) is 2.00. The van der Waals surface area contributed by atoms with E-state index in [1.54, 1.807) is 0 Å². The molecule has 0 saturated heterocycles. The highest BCUT2D eigenvalue weighted by Crippen LogP contribution is 2.49. The first-order chi connectivity index (χ1) is 5.98. The Morgan fingerprint density at radius 1 is 0.929 bits per heavy atom. The Hall–Kier alpha value is -0.820. The molecule has 0 spiro atoms. The van der Waals surface area contributed by atoms with E-state index in [1.807, 2.05) is 0 Å². The van der Waals surface area contributed by atoms with E-state index in [0.29, 0.717) is 0 Å². The maximum Gasteiger partial charge on any atom is 0.460 e. The molecule has 0 aliphatic rings. The molecule has 14 heavy (non-hydrogen) atoms. The van der Waals surface area contributed by atoms with E-state index >= 15 is 0 Å². The van der Waals surface area contributed by atoms with Gasteiger partial charge in [0.05, 0.1) is 6.33 Å². The standard InChI is InChI=1S/C6H4F8/c1-3(2-7)4(8,9)5(10,11)6(12,13)14/h2H,1H3. The van der Waals surface area contributed by atoms with Crippen molar-refractivity contribution in [2.75, 3.05) is 0 Å². The Bertz CT molecular complexity index is 235. The zero-order valence-corrected chi connectivity index (χ0v) is 6.60. The predicted octanol–water partition coefficient (Wildman–Crippen LogP) is 3.69. The smallest absolute Gasteiger partial charge is 0.215 e. The van der Waals surface area contributed by atoms with Gasteiger partial charge in [-0.2, -0.15) is 30.7 Å². The van der Waals surface area contributed by atoms with Gasteiger partial charge in [-0.3, -0.25) is 0 Å². The molecule has 0 aromatic carbocycles. The molecule has 0 heterocycles. The predicted molar refractivity (Wildman–Crippen MR) is 30.8 cm³/mol. The third-order valence-electron chi connectivity index (χ3n) is 1.41. The van der Waals surface area contributed by atoms with Crippen molar-refractivity contribution < 1.29 is 35.1 Å². The fraction of sp³-hybridized carbons (Fsp3) is 0.667. The minimum absolute atomic E-state index is 0.139. The maximum atomic E-state index is 12.3. The van der Waals surface area contributed by atoms with Gasteiger partial charge in [0.1, 0.15) is 0 Å². The molecule has 0 amide bonds. The van der Waals surface area contributed by atoms with Crippen molar-refractivity contribution >= 4 is 0 Å². The van der Waals surface area contributed by atoms with Crippen LogP contribution in [-0.4, -0.2) is 18.0 Å². The second kappa shape index (κ2) is 3.39. The first kappa shape index (κ1) is 13.2. The lowest BCUT2D eigenvalue weighted by molar-refractivity contribution is -0.344. The van der Waals surface area contributed by atoms with Crippen molar-refractivity contribution in [1.82, 2.24) is 0 Å². The van der Waals surface area contributed by atoms with Gasteiger partial charge in [0, 0.05) is 5.57 Å². The lowest BCUT2D eigenvalue weighted by atomic mass is 10.1. The maximum absolute atomic E-state index is 12.3. The van der Waals surface area contributed by atoms with Crippen LogP contribution in [0.3, 0.4) is 0 Å². The van der Waals surface area contributed by atoms with Crippen molar-refractivity contribution in [1.29, 1.82) is 0 Å². The summed E-state index contributed by atoms with van der Waals surface area (Å²) in [5, 5.41) is 0. The van der Waals surface area contributed by atoms with Crippen LogP contribution in [0, 0.1) is 0 Å². The summed E-state index contributed by atoms with van der Waals surface area (Å²) in [6, 6.07) is 0. The Morgan fingerprint density at radius 3 is 1.50 bits per heavy atom. The van der Waals surface area contributed by atoms with E-state index < -0.39 is 29.9 Å². The average molecular weight is 228 g/mol. The number of rotatable bonds is 2. The van der Waals surface area contributed by atoms with Gasteiger partial charge in [0.2, 0.25) is 0 Å². The first-order valence-corrected chi connectivity index (χ1v) is 3.08. The highest BCUT2D eigenvalue weighted by molar-refractivity contribution is 5.14. The third-order valence-corrected chi connectivity index (χ3v) is 1.41. The summed E-state index contributed by atoms with van der Waals surface area (Å²) < 4.78 is 94.5. The monoisotopic (exact) mass is 228 g/mol. The first-order valence-electron chi connectivity index (χ1n) is 3.08. The normalized spacial score (nSPS) is 15.9. The molecule has 0 aliphatic carbocycles. The molecule has 0 nitrogen and oxygen atoms in total. The van der Waals surface area contributed by atoms with Crippen LogP contribution in [-0.2, 0) is 0 Å². The lowest BCUT2D eigenvalue weighted by Gasteiger charge is -2.28. The molecule has 0 atom stereocenters. The number of hydrogen-bond donors (Lipinski definition) is 0. The molecule has 0 saturated carbocycles. The zero-order valence-electron chi connectivity index (χ0n) is 6.60. The summed E-state index contributed by atoms with van der Waals surface area (Å²) in [4.78, 5) is 0. The van der Waals surface area contributed by atoms with Gasteiger partial charge >= 0.3 is 18.0 Å². The summed E-state index contributed by atoms with van der Waals surface area (Å²) in [6.07, 6.45) is -7.42. The highest BCUT2D eigenvalue weighted by atomic mass is 19.4. The van der Waals surface area contributed by atoms with Crippen LogP contribution < -0.4 is 0 Å². The molecule has 0 N–H and O–H groups in total. The number of halogens is 8. The lowest BCUT2D eigenvalue weighted by Crippen LogP contribution is -2.52. The van der Waals surface area contributed by atoms with Gasteiger partial charge in [0.15, 0.2) is 0 Å². The molecule has 0 aromatic heterocycles. The van der Waals surface area contributed by atoms with Crippen LogP contribution in [0.4, 0.5) is 35.1 Å². The van der Waals surface area contributed by atoms with Gasteiger partial charge in [-0.1, -0.05) is 0 Å². The fourth-order valence-corrected chi connectivity index (χ4v) is 0.494. The number of alkyl halides is 7. The van der Waals surface area contributed by atoms with E-state index in [9.17, 15) is 35.1 Å². The molecule has 0 aliphatic heterocycles. The van der Waals surface area contributed by atoms with E-state index in [2.05, 4.69) is 0 Å². The molecule has 0 aromatic rings. The molecule has 0 radical (unpaired) electrons. The SMILES string of the molecule is CC(=CF)C(F)(F)C(F)(F)C(F)(F)F. The van der Waals surface area contributed by atoms with Crippen LogP contribution >= 0.6 is 0 Å².